The van der Waals surface area contributed by atoms with Crippen LogP contribution in [-0.4, -0.2) is 24.0 Å². The largest absolute Gasteiger partial charge is 0.466 e. The van der Waals surface area contributed by atoms with Crippen LogP contribution in [0.15, 0.2) is 16.6 Å². The van der Waals surface area contributed by atoms with E-state index in [2.05, 4.69) is 5.16 Å². The maximum Gasteiger partial charge on any atom is 0.311 e. The lowest BCUT2D eigenvalue weighted by Crippen LogP contribution is -2.07. The van der Waals surface area contributed by atoms with Crippen LogP contribution in [0.1, 0.15) is 17.4 Å². The maximum absolute atomic E-state index is 11.1. The molecule has 14 heavy (non-hydrogen) atoms. The van der Waals surface area contributed by atoms with E-state index in [1.807, 2.05) is 5.38 Å². The molecule has 1 rings (SSSR count). The van der Waals surface area contributed by atoms with E-state index in [1.54, 1.807) is 13.0 Å². The van der Waals surface area contributed by atoms with E-state index in [4.69, 9.17) is 9.94 Å². The summed E-state index contributed by atoms with van der Waals surface area (Å²) in [5.41, 5.74) is 0.755. The zero-order valence-corrected chi connectivity index (χ0v) is 8.58. The first kappa shape index (κ1) is 10.7. The summed E-state index contributed by atoms with van der Waals surface area (Å²) < 4.78 is 4.81. The van der Waals surface area contributed by atoms with Gasteiger partial charge in [0.05, 0.1) is 19.2 Å². The van der Waals surface area contributed by atoms with Crippen LogP contribution in [0.5, 0.6) is 0 Å². The first-order valence-electron chi connectivity index (χ1n) is 4.17. The van der Waals surface area contributed by atoms with Crippen molar-refractivity contribution in [1.82, 2.24) is 0 Å². The highest BCUT2D eigenvalue weighted by molar-refractivity contribution is 7.10. The number of nitrogens with zero attached hydrogens (tertiary/aromatic N) is 1. The van der Waals surface area contributed by atoms with Crippen molar-refractivity contribution in [1.29, 1.82) is 0 Å². The third-order valence-electron chi connectivity index (χ3n) is 1.59. The number of thiophene rings is 1. The predicted molar refractivity (Wildman–Crippen MR) is 54.0 cm³/mol. The Morgan fingerprint density at radius 1 is 1.79 bits per heavy atom. The molecule has 76 valence electrons. The van der Waals surface area contributed by atoms with Crippen molar-refractivity contribution < 1.29 is 14.7 Å². The maximum atomic E-state index is 11.1. The van der Waals surface area contributed by atoms with E-state index in [0.29, 0.717) is 6.61 Å². The molecule has 1 heterocycles. The fraction of sp³-hybridized carbons (Fsp3) is 0.333. The van der Waals surface area contributed by atoms with Gasteiger partial charge < -0.3 is 9.94 Å². The van der Waals surface area contributed by atoms with Crippen LogP contribution < -0.4 is 0 Å². The molecule has 0 fully saturated rings. The van der Waals surface area contributed by atoms with Gasteiger partial charge in [0.2, 0.25) is 0 Å². The molecular weight excluding hydrogens is 202 g/mol. The van der Waals surface area contributed by atoms with Gasteiger partial charge in [-0.1, -0.05) is 5.16 Å². The van der Waals surface area contributed by atoms with Crippen molar-refractivity contribution in [2.45, 2.75) is 13.3 Å². The number of hydrogen-bond donors (Lipinski definition) is 1. The Kier molecular flexibility index (Phi) is 4.12. The lowest BCUT2D eigenvalue weighted by atomic mass is 10.2. The minimum absolute atomic E-state index is 0.229. The topological polar surface area (TPSA) is 58.9 Å². The molecule has 1 aromatic heterocycles. The molecule has 0 aromatic carbocycles. The smallest absolute Gasteiger partial charge is 0.311 e. The first-order valence-corrected chi connectivity index (χ1v) is 5.05. The molecule has 0 bridgehead atoms. The van der Waals surface area contributed by atoms with Crippen molar-refractivity contribution in [3.8, 4) is 0 Å². The molecule has 0 aliphatic rings. The van der Waals surface area contributed by atoms with Gasteiger partial charge in [-0.3, -0.25) is 4.79 Å². The highest BCUT2D eigenvalue weighted by Crippen LogP contribution is 2.16. The van der Waals surface area contributed by atoms with Gasteiger partial charge in [0.15, 0.2) is 0 Å². The van der Waals surface area contributed by atoms with Crippen LogP contribution >= 0.6 is 11.3 Å². The summed E-state index contributed by atoms with van der Waals surface area (Å²) in [6.45, 7) is 2.15. The fourth-order valence-electron chi connectivity index (χ4n) is 1.01. The Balaban J connectivity index is 2.66. The Bertz CT molecular complexity index is 333. The van der Waals surface area contributed by atoms with Crippen molar-refractivity contribution >= 4 is 23.5 Å². The second-order valence-electron chi connectivity index (χ2n) is 2.53. The predicted octanol–water partition coefficient (Wildman–Crippen LogP) is 1.66. The SMILES string of the molecule is CCOC(=O)Cc1sccc1C=NO. The molecule has 0 spiro atoms. The summed E-state index contributed by atoms with van der Waals surface area (Å²) in [7, 11) is 0. The summed E-state index contributed by atoms with van der Waals surface area (Å²) in [4.78, 5) is 12.0. The Morgan fingerprint density at radius 2 is 2.57 bits per heavy atom. The second kappa shape index (κ2) is 5.39. The zero-order valence-electron chi connectivity index (χ0n) is 7.77. The average Bonchev–Trinajstić information content (AvgIpc) is 2.54. The summed E-state index contributed by atoms with van der Waals surface area (Å²) in [5.74, 6) is -0.262. The lowest BCUT2D eigenvalue weighted by molar-refractivity contribution is -0.142. The molecule has 1 aromatic rings. The monoisotopic (exact) mass is 213 g/mol. The summed E-state index contributed by atoms with van der Waals surface area (Å²) in [6.07, 6.45) is 1.54. The molecule has 0 atom stereocenters. The first-order chi connectivity index (χ1) is 6.77. The van der Waals surface area contributed by atoms with Crippen LogP contribution in [0.4, 0.5) is 0 Å². The second-order valence-corrected chi connectivity index (χ2v) is 3.53. The van der Waals surface area contributed by atoms with Crippen LogP contribution in [-0.2, 0) is 16.0 Å². The summed E-state index contributed by atoms with van der Waals surface area (Å²) >= 11 is 1.44. The van der Waals surface area contributed by atoms with Gasteiger partial charge in [0.1, 0.15) is 0 Å². The molecule has 0 radical (unpaired) electrons. The minimum atomic E-state index is -0.262. The lowest BCUT2D eigenvalue weighted by Gasteiger charge is -2.00. The van der Waals surface area contributed by atoms with Crippen molar-refractivity contribution in [3.63, 3.8) is 0 Å². The van der Waals surface area contributed by atoms with Gasteiger partial charge in [0, 0.05) is 10.4 Å². The van der Waals surface area contributed by atoms with Crippen LogP contribution in [0.2, 0.25) is 0 Å². The number of oxime groups is 1. The molecule has 1 N–H and O–H groups in total. The highest BCUT2D eigenvalue weighted by atomic mass is 32.1. The van der Waals surface area contributed by atoms with E-state index in [-0.39, 0.29) is 12.4 Å². The number of carbonyl (C=O) groups excluding carboxylic acids is 1. The Labute approximate surface area is 85.8 Å². The van der Waals surface area contributed by atoms with E-state index in [9.17, 15) is 4.79 Å². The van der Waals surface area contributed by atoms with E-state index in [1.165, 1.54) is 17.6 Å². The molecule has 0 saturated heterocycles. The standard InChI is InChI=1S/C9H11NO3S/c1-2-13-9(11)5-8-7(6-10-12)3-4-14-8/h3-4,6,12H,2,5H2,1H3. The van der Waals surface area contributed by atoms with E-state index in [0.717, 1.165) is 10.4 Å². The van der Waals surface area contributed by atoms with Crippen LogP contribution in [0.3, 0.4) is 0 Å². The Morgan fingerprint density at radius 3 is 3.21 bits per heavy atom. The van der Waals surface area contributed by atoms with Crippen molar-refractivity contribution in [2.24, 2.45) is 5.16 Å². The molecule has 0 saturated carbocycles. The fourth-order valence-corrected chi connectivity index (χ4v) is 1.85. The average molecular weight is 213 g/mol. The normalized spacial score (nSPS) is 10.6. The molecule has 0 aliphatic heterocycles. The number of hydrogen-bond acceptors (Lipinski definition) is 5. The quantitative estimate of drug-likeness (QED) is 0.358. The molecule has 0 aliphatic carbocycles. The van der Waals surface area contributed by atoms with Crippen LogP contribution in [0.25, 0.3) is 0 Å². The van der Waals surface area contributed by atoms with Gasteiger partial charge >= 0.3 is 5.97 Å². The van der Waals surface area contributed by atoms with Gasteiger partial charge in [-0.15, -0.1) is 11.3 Å². The minimum Gasteiger partial charge on any atom is -0.466 e. The number of carbonyl (C=O) groups is 1. The third kappa shape index (κ3) is 2.85. The Hall–Kier alpha value is -1.36. The number of esters is 1. The molecule has 0 unspecified atom stereocenters. The number of ether oxygens (including phenoxy) is 1. The van der Waals surface area contributed by atoms with E-state index < -0.39 is 0 Å². The molecular formula is C9H11NO3S. The van der Waals surface area contributed by atoms with E-state index >= 15 is 0 Å². The molecule has 0 amide bonds. The van der Waals surface area contributed by atoms with Gasteiger partial charge in [0.25, 0.3) is 0 Å². The molecule has 5 heteroatoms. The van der Waals surface area contributed by atoms with Crippen molar-refractivity contribution in [3.05, 3.63) is 21.9 Å². The zero-order chi connectivity index (χ0) is 10.4. The highest BCUT2D eigenvalue weighted by Gasteiger charge is 2.08. The van der Waals surface area contributed by atoms with Gasteiger partial charge in [-0.25, -0.2) is 0 Å². The molecule has 4 nitrogen and oxygen atoms in total. The third-order valence-corrected chi connectivity index (χ3v) is 2.52. The van der Waals surface area contributed by atoms with Crippen molar-refractivity contribution in [2.75, 3.05) is 6.61 Å². The van der Waals surface area contributed by atoms with Crippen LogP contribution in [0, 0.1) is 0 Å². The van der Waals surface area contributed by atoms with Gasteiger partial charge in [-0.05, 0) is 18.4 Å². The number of rotatable bonds is 4. The summed E-state index contributed by atoms with van der Waals surface area (Å²) in [5, 5.41) is 13.1. The summed E-state index contributed by atoms with van der Waals surface area (Å²) in [6, 6.07) is 1.79. The van der Waals surface area contributed by atoms with Gasteiger partial charge in [-0.2, -0.15) is 0 Å².